The van der Waals surface area contributed by atoms with Crippen molar-refractivity contribution in [2.24, 2.45) is 0 Å². The zero-order valence-electron chi connectivity index (χ0n) is 16.4. The van der Waals surface area contributed by atoms with Crippen LogP contribution in [-0.2, 0) is 14.3 Å². The largest absolute Gasteiger partial charge is 0.354 e. The molecule has 1 aliphatic heterocycles. The Morgan fingerprint density at radius 2 is 2.07 bits per heavy atom. The molecule has 0 fully saturated rings. The van der Waals surface area contributed by atoms with E-state index in [9.17, 15) is 9.59 Å². The van der Waals surface area contributed by atoms with Crippen molar-refractivity contribution in [3.8, 4) is 5.69 Å². The second kappa shape index (κ2) is 8.76. The molecule has 30 heavy (non-hydrogen) atoms. The van der Waals surface area contributed by atoms with Crippen LogP contribution in [0.5, 0.6) is 0 Å². The van der Waals surface area contributed by atoms with E-state index in [1.165, 1.54) is 32.2 Å². The molecular weight excluding hydrogens is 430 g/mol. The highest BCUT2D eigenvalue weighted by Gasteiger charge is 2.29. The van der Waals surface area contributed by atoms with Gasteiger partial charge in [-0.2, -0.15) is 5.10 Å². The van der Waals surface area contributed by atoms with E-state index >= 15 is 0 Å². The number of nitrogens with zero attached hydrogens (tertiary/aromatic N) is 4. The van der Waals surface area contributed by atoms with Crippen LogP contribution in [0.2, 0.25) is 5.02 Å². The minimum Gasteiger partial charge on any atom is -0.354 e. The maximum atomic E-state index is 13.1. The third-order valence-corrected chi connectivity index (χ3v) is 6.20. The Hall–Kier alpha value is -2.40. The first-order valence-corrected chi connectivity index (χ1v) is 10.6. The van der Waals surface area contributed by atoms with E-state index in [1.807, 2.05) is 12.1 Å². The fourth-order valence-corrected chi connectivity index (χ4v) is 4.55. The van der Waals surface area contributed by atoms with Gasteiger partial charge in [0.25, 0.3) is 5.56 Å². The number of nitrogens with one attached hydrogen (secondary N) is 1. The Morgan fingerprint density at radius 1 is 1.33 bits per heavy atom. The summed E-state index contributed by atoms with van der Waals surface area (Å²) in [5.74, 6) is 0.408. The second-order valence-corrected chi connectivity index (χ2v) is 8.14. The quantitative estimate of drug-likeness (QED) is 0.435. The summed E-state index contributed by atoms with van der Waals surface area (Å²) in [4.78, 5) is 30.1. The molecule has 0 radical (unpaired) electrons. The standard InChI is InChI=1S/C19H20ClN5O4S/c1-28-16(29-2)9-21-15(26)7-13-10-30-19-23-17-14(18(27)24(13)19)8-22-25(17)12-5-3-11(20)4-6-12/h3-6,8,13,16H,7,9-10H2,1-2H3,(H,21,26). The first-order chi connectivity index (χ1) is 14.5. The molecule has 1 amide bonds. The minimum absolute atomic E-state index is 0.165. The lowest BCUT2D eigenvalue weighted by Crippen LogP contribution is -2.36. The highest BCUT2D eigenvalue weighted by atomic mass is 35.5. The number of benzene rings is 1. The van der Waals surface area contributed by atoms with Gasteiger partial charge >= 0.3 is 0 Å². The molecule has 4 rings (SSSR count). The van der Waals surface area contributed by atoms with Crippen molar-refractivity contribution in [2.45, 2.75) is 23.9 Å². The van der Waals surface area contributed by atoms with Crippen molar-refractivity contribution in [3.63, 3.8) is 0 Å². The van der Waals surface area contributed by atoms with Crippen molar-refractivity contribution in [2.75, 3.05) is 26.5 Å². The van der Waals surface area contributed by atoms with Gasteiger partial charge in [-0.3, -0.25) is 14.2 Å². The number of aromatic nitrogens is 4. The molecule has 1 atom stereocenters. The summed E-state index contributed by atoms with van der Waals surface area (Å²) >= 11 is 7.41. The van der Waals surface area contributed by atoms with Crippen molar-refractivity contribution in [1.29, 1.82) is 0 Å². The predicted octanol–water partition coefficient (Wildman–Crippen LogP) is 2.01. The zero-order valence-corrected chi connectivity index (χ0v) is 17.9. The van der Waals surface area contributed by atoms with E-state index in [2.05, 4.69) is 15.4 Å². The van der Waals surface area contributed by atoms with E-state index in [0.717, 1.165) is 5.69 Å². The number of ether oxygens (including phenoxy) is 2. The lowest BCUT2D eigenvalue weighted by Gasteiger charge is -2.16. The van der Waals surface area contributed by atoms with E-state index in [-0.39, 0.29) is 30.5 Å². The zero-order chi connectivity index (χ0) is 21.3. The number of carbonyl (C=O) groups excluding carboxylic acids is 1. The topological polar surface area (TPSA) is 100 Å². The molecule has 0 spiro atoms. The molecule has 0 saturated heterocycles. The molecule has 1 N–H and O–H groups in total. The Labute approximate surface area is 181 Å². The average Bonchev–Trinajstić information content (AvgIpc) is 3.34. The summed E-state index contributed by atoms with van der Waals surface area (Å²) in [6.07, 6.45) is 1.16. The Bertz CT molecular complexity index is 1130. The molecule has 158 valence electrons. The molecule has 11 heteroatoms. The third kappa shape index (κ3) is 3.95. The molecular formula is C19H20ClN5O4S. The van der Waals surface area contributed by atoms with Gasteiger partial charge in [-0.05, 0) is 24.3 Å². The molecule has 1 aromatic carbocycles. The summed E-state index contributed by atoms with van der Waals surface area (Å²) in [5.41, 5.74) is 1.04. The highest BCUT2D eigenvalue weighted by Crippen LogP contribution is 2.33. The van der Waals surface area contributed by atoms with Gasteiger partial charge in [-0.25, -0.2) is 9.67 Å². The van der Waals surface area contributed by atoms with E-state index in [1.54, 1.807) is 21.4 Å². The summed E-state index contributed by atoms with van der Waals surface area (Å²) in [6, 6.07) is 6.86. The van der Waals surface area contributed by atoms with Crippen molar-refractivity contribution >= 4 is 40.3 Å². The summed E-state index contributed by atoms with van der Waals surface area (Å²) in [5, 5.41) is 8.69. The molecule has 0 aliphatic carbocycles. The third-order valence-electron chi connectivity index (χ3n) is 4.85. The van der Waals surface area contributed by atoms with E-state index in [4.69, 9.17) is 21.1 Å². The van der Waals surface area contributed by atoms with Crippen LogP contribution in [0.3, 0.4) is 0 Å². The molecule has 0 bridgehead atoms. The van der Waals surface area contributed by atoms with Gasteiger partial charge in [0, 0.05) is 31.4 Å². The summed E-state index contributed by atoms with van der Waals surface area (Å²) in [6.45, 7) is 0.235. The number of amides is 1. The van der Waals surface area contributed by atoms with Crippen LogP contribution in [0.15, 0.2) is 40.4 Å². The predicted molar refractivity (Wildman–Crippen MR) is 113 cm³/mol. The maximum absolute atomic E-state index is 13.1. The first-order valence-electron chi connectivity index (χ1n) is 9.23. The van der Waals surface area contributed by atoms with Gasteiger partial charge in [-0.15, -0.1) is 0 Å². The van der Waals surface area contributed by atoms with Crippen LogP contribution < -0.4 is 10.9 Å². The van der Waals surface area contributed by atoms with Crippen molar-refractivity contribution < 1.29 is 14.3 Å². The second-order valence-electron chi connectivity index (χ2n) is 6.71. The summed E-state index contributed by atoms with van der Waals surface area (Å²) in [7, 11) is 3.01. The number of rotatable bonds is 7. The van der Waals surface area contributed by atoms with Gasteiger partial charge in [0.05, 0.1) is 24.5 Å². The fraction of sp³-hybridized carbons (Fsp3) is 0.368. The average molecular weight is 450 g/mol. The number of carbonyl (C=O) groups is 1. The van der Waals surface area contributed by atoms with Gasteiger partial charge in [0.1, 0.15) is 5.39 Å². The van der Waals surface area contributed by atoms with Crippen LogP contribution >= 0.6 is 23.4 Å². The van der Waals surface area contributed by atoms with Gasteiger partial charge < -0.3 is 14.8 Å². The Kier molecular flexibility index (Phi) is 6.09. The first kappa shape index (κ1) is 20.9. The molecule has 0 saturated carbocycles. The Morgan fingerprint density at radius 3 is 2.77 bits per heavy atom. The number of thioether (sulfide) groups is 1. The number of methoxy groups -OCH3 is 2. The van der Waals surface area contributed by atoms with Crippen LogP contribution in [0.1, 0.15) is 12.5 Å². The molecule has 9 nitrogen and oxygen atoms in total. The van der Waals surface area contributed by atoms with Crippen LogP contribution in [0, 0.1) is 0 Å². The molecule has 3 aromatic rings. The smallest absolute Gasteiger partial charge is 0.265 e. The van der Waals surface area contributed by atoms with Crippen LogP contribution in [0.4, 0.5) is 0 Å². The summed E-state index contributed by atoms with van der Waals surface area (Å²) < 4.78 is 13.3. The fourth-order valence-electron chi connectivity index (χ4n) is 3.30. The van der Waals surface area contributed by atoms with Gasteiger partial charge in [0.15, 0.2) is 17.1 Å². The van der Waals surface area contributed by atoms with Crippen molar-refractivity contribution in [1.82, 2.24) is 24.6 Å². The number of halogens is 1. The van der Waals surface area contributed by atoms with Crippen molar-refractivity contribution in [3.05, 3.63) is 45.8 Å². The van der Waals surface area contributed by atoms with Crippen LogP contribution in [-0.4, -0.2) is 58.0 Å². The lowest BCUT2D eigenvalue weighted by atomic mass is 10.2. The van der Waals surface area contributed by atoms with E-state index in [0.29, 0.717) is 27.0 Å². The van der Waals surface area contributed by atoms with E-state index < -0.39 is 6.29 Å². The minimum atomic E-state index is -0.512. The maximum Gasteiger partial charge on any atom is 0.265 e. The molecule has 1 unspecified atom stereocenters. The monoisotopic (exact) mass is 449 g/mol. The number of hydrogen-bond acceptors (Lipinski definition) is 7. The molecule has 1 aliphatic rings. The Balaban J connectivity index is 1.59. The van der Waals surface area contributed by atoms with Crippen LogP contribution in [0.25, 0.3) is 16.7 Å². The number of fused-ring (bicyclic) bond motifs is 2. The normalized spacial score (nSPS) is 15.7. The molecule has 2 aromatic heterocycles. The van der Waals surface area contributed by atoms with Gasteiger partial charge in [-0.1, -0.05) is 23.4 Å². The van der Waals surface area contributed by atoms with Gasteiger partial charge in [0.2, 0.25) is 5.91 Å². The lowest BCUT2D eigenvalue weighted by molar-refractivity contribution is -0.128. The molecule has 3 heterocycles. The highest BCUT2D eigenvalue weighted by molar-refractivity contribution is 7.99. The SMILES string of the molecule is COC(CNC(=O)CC1CSc2nc3c(cnn3-c3ccc(Cl)cc3)c(=O)n21)OC. The number of hydrogen-bond donors (Lipinski definition) is 1.